The molecular weight excluding hydrogens is 418 g/mol. The summed E-state index contributed by atoms with van der Waals surface area (Å²) < 4.78 is 29.1. The van der Waals surface area contributed by atoms with Crippen molar-refractivity contribution < 1.29 is 8.42 Å². The number of benzene rings is 1. The minimum Gasteiger partial charge on any atom is -0.298 e. The monoisotopic (exact) mass is 431 g/mol. The van der Waals surface area contributed by atoms with Crippen molar-refractivity contribution in [2.24, 2.45) is 5.10 Å². The molecule has 3 aromatic rings. The molecule has 0 saturated heterocycles. The summed E-state index contributed by atoms with van der Waals surface area (Å²) in [4.78, 5) is 4.29. The summed E-state index contributed by atoms with van der Waals surface area (Å²) in [6, 6.07) is 10.2. The first-order valence-electron chi connectivity index (χ1n) is 7.49. The van der Waals surface area contributed by atoms with Gasteiger partial charge in [-0.3, -0.25) is 4.40 Å². The van der Waals surface area contributed by atoms with Gasteiger partial charge >= 0.3 is 0 Å². The summed E-state index contributed by atoms with van der Waals surface area (Å²) in [6.07, 6.45) is 4.85. The first-order valence-corrected chi connectivity index (χ1v) is 9.72. The van der Waals surface area contributed by atoms with Gasteiger partial charge in [-0.25, -0.2) is 4.98 Å². The Morgan fingerprint density at radius 3 is 2.85 bits per heavy atom. The van der Waals surface area contributed by atoms with E-state index < -0.39 is 10.0 Å². The Labute approximate surface area is 159 Å². The van der Waals surface area contributed by atoms with Gasteiger partial charge in [0.25, 0.3) is 10.0 Å². The van der Waals surface area contributed by atoms with Crippen molar-refractivity contribution >= 4 is 37.8 Å². The zero-order valence-electron chi connectivity index (χ0n) is 14.0. The normalized spacial score (nSPS) is 11.8. The van der Waals surface area contributed by atoms with E-state index in [9.17, 15) is 8.42 Å². The lowest BCUT2D eigenvalue weighted by molar-refractivity contribution is 0.490. The highest BCUT2D eigenvalue weighted by molar-refractivity contribution is 9.10. The zero-order valence-corrected chi connectivity index (χ0v) is 16.4. The third-order valence-electron chi connectivity index (χ3n) is 3.79. The van der Waals surface area contributed by atoms with Crippen molar-refractivity contribution in [1.29, 1.82) is 5.26 Å². The van der Waals surface area contributed by atoms with Crippen LogP contribution >= 0.6 is 15.9 Å². The van der Waals surface area contributed by atoms with Crippen LogP contribution in [0, 0.1) is 18.3 Å². The fourth-order valence-electron chi connectivity index (χ4n) is 2.36. The van der Waals surface area contributed by atoms with E-state index in [1.165, 1.54) is 19.3 Å². The molecule has 7 nitrogen and oxygen atoms in total. The lowest BCUT2D eigenvalue weighted by Gasteiger charge is -2.15. The topological polar surface area (TPSA) is 90.8 Å². The maximum absolute atomic E-state index is 12.8. The number of nitrogens with zero attached hydrogens (tertiary/aromatic N) is 5. The van der Waals surface area contributed by atoms with Crippen LogP contribution in [0.4, 0.5) is 0 Å². The number of fused-ring (bicyclic) bond motifs is 1. The average Bonchev–Trinajstić information content (AvgIpc) is 3.02. The fourth-order valence-corrected chi connectivity index (χ4v) is 3.91. The van der Waals surface area contributed by atoms with Crippen LogP contribution in [-0.4, -0.2) is 35.5 Å². The van der Waals surface area contributed by atoms with Crippen LogP contribution in [0.5, 0.6) is 0 Å². The van der Waals surface area contributed by atoms with Crippen LogP contribution in [0.2, 0.25) is 0 Å². The molecule has 0 spiro atoms. The molecule has 3 rings (SSSR count). The molecule has 26 heavy (non-hydrogen) atoms. The highest BCUT2D eigenvalue weighted by Crippen LogP contribution is 2.21. The number of aryl methyl sites for hydroxylation is 1. The molecule has 1 aromatic carbocycles. The molecule has 0 saturated carbocycles. The maximum Gasteiger partial charge on any atom is 0.279 e. The number of hydrogen-bond donors (Lipinski definition) is 0. The van der Waals surface area contributed by atoms with E-state index in [4.69, 9.17) is 5.26 Å². The number of halogens is 1. The Kier molecular flexibility index (Phi) is 4.80. The number of nitriles is 1. The lowest BCUT2D eigenvalue weighted by Crippen LogP contribution is -2.23. The molecule has 0 aliphatic rings. The van der Waals surface area contributed by atoms with Crippen molar-refractivity contribution in [1.82, 2.24) is 13.8 Å². The minimum absolute atomic E-state index is 0.0529. The van der Waals surface area contributed by atoms with E-state index in [2.05, 4.69) is 26.0 Å². The second-order valence-corrected chi connectivity index (χ2v) is 8.37. The molecule has 0 unspecified atom stereocenters. The molecule has 0 aliphatic heterocycles. The molecule has 0 N–H and O–H groups in total. The first-order chi connectivity index (χ1) is 12.3. The third-order valence-corrected chi connectivity index (χ3v) is 6.05. The zero-order chi connectivity index (χ0) is 18.9. The molecule has 132 valence electrons. The van der Waals surface area contributed by atoms with E-state index in [0.717, 1.165) is 14.5 Å². The molecule has 2 heterocycles. The summed E-state index contributed by atoms with van der Waals surface area (Å²) in [5.41, 5.74) is 2.17. The van der Waals surface area contributed by atoms with Crippen LogP contribution in [0.3, 0.4) is 0 Å². The molecule has 0 bridgehead atoms. The molecule has 0 radical (unpaired) electrons. The molecular formula is C17H14BrN5O2S. The largest absolute Gasteiger partial charge is 0.298 e. The summed E-state index contributed by atoms with van der Waals surface area (Å²) >= 11 is 3.39. The van der Waals surface area contributed by atoms with E-state index in [0.29, 0.717) is 11.3 Å². The molecule has 9 heteroatoms. The van der Waals surface area contributed by atoms with Crippen molar-refractivity contribution in [3.8, 4) is 6.07 Å². The van der Waals surface area contributed by atoms with Crippen LogP contribution in [0.25, 0.3) is 5.65 Å². The van der Waals surface area contributed by atoms with Gasteiger partial charge in [0, 0.05) is 17.7 Å². The summed E-state index contributed by atoms with van der Waals surface area (Å²) in [5, 5.41) is 13.1. The minimum atomic E-state index is -3.87. The standard InChI is InChI=1S/C17H14BrN5O2S/c1-12-3-4-13(8-19)7-16(12)26(24,25)22(2)21-10-15-9-20-17-6-5-14(18)11-23(15)17/h3-7,9-11H,1-2H3/b21-10-. The second-order valence-electron chi connectivity index (χ2n) is 5.53. The predicted molar refractivity (Wildman–Crippen MR) is 101 cm³/mol. The van der Waals surface area contributed by atoms with Gasteiger partial charge in [-0.2, -0.15) is 23.2 Å². The summed E-state index contributed by atoms with van der Waals surface area (Å²) in [7, 11) is -2.52. The Hall–Kier alpha value is -2.70. The van der Waals surface area contributed by atoms with Gasteiger partial charge in [-0.1, -0.05) is 6.07 Å². The second kappa shape index (κ2) is 6.90. The van der Waals surface area contributed by atoms with Crippen molar-refractivity contribution in [2.75, 3.05) is 7.05 Å². The molecule has 0 amide bonds. The predicted octanol–water partition coefficient (Wildman–Crippen LogP) is 2.93. The van der Waals surface area contributed by atoms with Crippen molar-refractivity contribution in [2.45, 2.75) is 11.8 Å². The third kappa shape index (κ3) is 3.34. The van der Waals surface area contributed by atoms with E-state index in [1.807, 2.05) is 24.4 Å². The van der Waals surface area contributed by atoms with Gasteiger partial charge in [0.15, 0.2) is 0 Å². The van der Waals surface area contributed by atoms with Gasteiger partial charge in [-0.15, -0.1) is 0 Å². The van der Waals surface area contributed by atoms with E-state index in [-0.39, 0.29) is 10.5 Å². The Morgan fingerprint density at radius 1 is 1.35 bits per heavy atom. The molecule has 0 atom stereocenters. The van der Waals surface area contributed by atoms with Crippen LogP contribution in [0.1, 0.15) is 16.8 Å². The molecule has 2 aromatic heterocycles. The lowest BCUT2D eigenvalue weighted by atomic mass is 10.2. The molecule has 0 aliphatic carbocycles. The maximum atomic E-state index is 12.8. The number of sulfonamides is 1. The van der Waals surface area contributed by atoms with E-state index in [1.54, 1.807) is 29.7 Å². The highest BCUT2D eigenvalue weighted by atomic mass is 79.9. The van der Waals surface area contributed by atoms with Crippen LogP contribution < -0.4 is 0 Å². The van der Waals surface area contributed by atoms with Gasteiger partial charge < -0.3 is 0 Å². The molecule has 0 fully saturated rings. The number of hydrogen-bond acceptors (Lipinski definition) is 5. The highest BCUT2D eigenvalue weighted by Gasteiger charge is 2.22. The van der Waals surface area contributed by atoms with Gasteiger partial charge in [0.2, 0.25) is 0 Å². The SMILES string of the molecule is Cc1ccc(C#N)cc1S(=O)(=O)N(C)/N=C\c1cnc2ccc(Br)cn12. The van der Waals surface area contributed by atoms with Crippen LogP contribution in [0.15, 0.2) is 57.2 Å². The number of aromatic nitrogens is 2. The quantitative estimate of drug-likeness (QED) is 0.468. The van der Waals surface area contributed by atoms with Gasteiger partial charge in [-0.05, 0) is 52.7 Å². The van der Waals surface area contributed by atoms with Gasteiger partial charge in [0.05, 0.1) is 34.6 Å². The van der Waals surface area contributed by atoms with Crippen LogP contribution in [-0.2, 0) is 10.0 Å². The first kappa shape index (κ1) is 18.1. The number of hydrazone groups is 1. The number of imidazole rings is 1. The number of rotatable bonds is 4. The smallest absolute Gasteiger partial charge is 0.279 e. The fraction of sp³-hybridized carbons (Fsp3) is 0.118. The Morgan fingerprint density at radius 2 is 2.12 bits per heavy atom. The average molecular weight is 432 g/mol. The van der Waals surface area contributed by atoms with Crippen molar-refractivity contribution in [3.05, 3.63) is 64.0 Å². The summed E-state index contributed by atoms with van der Waals surface area (Å²) in [6.45, 7) is 1.67. The Bertz CT molecular complexity index is 1160. The number of pyridine rings is 1. The summed E-state index contributed by atoms with van der Waals surface area (Å²) in [5.74, 6) is 0. The Balaban J connectivity index is 1.96. The van der Waals surface area contributed by atoms with E-state index >= 15 is 0 Å². The van der Waals surface area contributed by atoms with Crippen molar-refractivity contribution in [3.63, 3.8) is 0 Å². The van der Waals surface area contributed by atoms with Gasteiger partial charge in [0.1, 0.15) is 5.65 Å².